The fourth-order valence-corrected chi connectivity index (χ4v) is 2.65. The van der Waals surface area contributed by atoms with E-state index in [1.807, 2.05) is 0 Å². The predicted octanol–water partition coefficient (Wildman–Crippen LogP) is 2.98. The van der Waals surface area contributed by atoms with Crippen LogP contribution in [-0.2, 0) is 4.74 Å². The topological polar surface area (TPSA) is 80.0 Å². The Morgan fingerprint density at radius 2 is 2.12 bits per heavy atom. The molecule has 6 nitrogen and oxygen atoms in total. The number of carbonyl (C=O) groups excluding carboxylic acids is 1. The molecule has 1 fully saturated rings. The summed E-state index contributed by atoms with van der Waals surface area (Å²) in [5.74, 6) is -2.17. The zero-order valence-electron chi connectivity index (χ0n) is 12.4. The van der Waals surface area contributed by atoms with Gasteiger partial charge in [0.25, 0.3) is 5.91 Å². The number of aromatic carboxylic acids is 1. The molecule has 1 unspecified atom stereocenters. The quantitative estimate of drug-likeness (QED) is 0.917. The highest BCUT2D eigenvalue weighted by Crippen LogP contribution is 2.27. The maximum Gasteiger partial charge on any atom is 0.338 e. The van der Waals surface area contributed by atoms with Crippen molar-refractivity contribution < 1.29 is 28.2 Å². The number of nitrogens with zero attached hydrogens (tertiary/aromatic N) is 1. The molecule has 24 heavy (non-hydrogen) atoms. The summed E-state index contributed by atoms with van der Waals surface area (Å²) in [6, 6.07) is 5.44. The molecule has 126 valence electrons. The third kappa shape index (κ3) is 3.27. The molecule has 1 amide bonds. The third-order valence-electron chi connectivity index (χ3n) is 3.73. The second-order valence-corrected chi connectivity index (χ2v) is 5.70. The van der Waals surface area contributed by atoms with E-state index < -0.39 is 23.8 Å². The van der Waals surface area contributed by atoms with Crippen LogP contribution in [-0.4, -0.2) is 41.6 Å². The van der Waals surface area contributed by atoms with Crippen LogP contribution in [0.25, 0.3) is 0 Å². The van der Waals surface area contributed by atoms with Crippen LogP contribution >= 0.6 is 11.6 Å². The Morgan fingerprint density at radius 3 is 2.79 bits per heavy atom. The summed E-state index contributed by atoms with van der Waals surface area (Å²) in [6.07, 6.45) is 0.572. The number of rotatable bonds is 3. The number of ether oxygens (including phenoxy) is 1. The van der Waals surface area contributed by atoms with E-state index in [4.69, 9.17) is 25.9 Å². The molecule has 0 aliphatic carbocycles. The van der Waals surface area contributed by atoms with E-state index in [1.54, 1.807) is 6.07 Å². The highest BCUT2D eigenvalue weighted by molar-refractivity contribution is 6.30. The second kappa shape index (κ2) is 6.62. The predicted molar refractivity (Wildman–Crippen MR) is 81.7 cm³/mol. The van der Waals surface area contributed by atoms with Gasteiger partial charge in [-0.3, -0.25) is 4.79 Å². The largest absolute Gasteiger partial charge is 0.478 e. The van der Waals surface area contributed by atoms with E-state index in [0.717, 1.165) is 6.26 Å². The van der Waals surface area contributed by atoms with Gasteiger partial charge >= 0.3 is 5.97 Å². The van der Waals surface area contributed by atoms with Crippen LogP contribution in [0.15, 0.2) is 34.9 Å². The van der Waals surface area contributed by atoms with Crippen molar-refractivity contribution in [1.29, 1.82) is 0 Å². The minimum absolute atomic E-state index is 0.0170. The minimum Gasteiger partial charge on any atom is -0.478 e. The van der Waals surface area contributed by atoms with Gasteiger partial charge in [0.1, 0.15) is 18.2 Å². The number of carboxylic acid groups (broad SMARTS) is 1. The molecule has 3 rings (SSSR count). The van der Waals surface area contributed by atoms with Crippen LogP contribution in [0.4, 0.5) is 4.39 Å². The van der Waals surface area contributed by atoms with E-state index in [0.29, 0.717) is 12.1 Å². The molecule has 1 N–H and O–H groups in total. The molecular weight excluding hydrogens is 341 g/mol. The number of furan rings is 1. The van der Waals surface area contributed by atoms with Crippen molar-refractivity contribution in [2.45, 2.75) is 6.10 Å². The Labute approximate surface area is 141 Å². The first-order valence-electron chi connectivity index (χ1n) is 7.13. The Morgan fingerprint density at radius 1 is 1.33 bits per heavy atom. The van der Waals surface area contributed by atoms with Gasteiger partial charge in [-0.25, -0.2) is 9.18 Å². The number of carboxylic acids is 1. The van der Waals surface area contributed by atoms with Crippen molar-refractivity contribution in [2.75, 3.05) is 19.7 Å². The molecule has 1 aromatic heterocycles. The van der Waals surface area contributed by atoms with Crippen LogP contribution in [0.1, 0.15) is 32.6 Å². The normalized spacial score (nSPS) is 17.8. The standard InChI is InChI=1S/C16H13ClFNO5/c17-11-5-9(1-2-12(11)18)14-7-19(3-4-23-14)15(20)13-6-10(8-24-13)16(21)22/h1-2,5-6,8,14H,3-4,7H2,(H,21,22). The summed E-state index contributed by atoms with van der Waals surface area (Å²) in [5.41, 5.74) is 0.568. The lowest BCUT2D eigenvalue weighted by molar-refractivity contribution is -0.0237. The van der Waals surface area contributed by atoms with Crippen molar-refractivity contribution in [1.82, 2.24) is 4.90 Å². The van der Waals surface area contributed by atoms with E-state index >= 15 is 0 Å². The molecule has 1 aromatic carbocycles. The molecule has 0 bridgehead atoms. The average molecular weight is 354 g/mol. The smallest absolute Gasteiger partial charge is 0.338 e. The van der Waals surface area contributed by atoms with E-state index in [1.165, 1.54) is 23.1 Å². The summed E-state index contributed by atoms with van der Waals surface area (Å²) in [4.78, 5) is 24.8. The maximum absolute atomic E-state index is 13.3. The van der Waals surface area contributed by atoms with Gasteiger partial charge in [-0.2, -0.15) is 0 Å². The number of benzene rings is 1. The third-order valence-corrected chi connectivity index (χ3v) is 4.02. The lowest BCUT2D eigenvalue weighted by Crippen LogP contribution is -2.42. The van der Waals surface area contributed by atoms with Crippen LogP contribution in [0, 0.1) is 5.82 Å². The molecular formula is C16H13ClFNO5. The van der Waals surface area contributed by atoms with Crippen molar-refractivity contribution in [3.63, 3.8) is 0 Å². The summed E-state index contributed by atoms with van der Waals surface area (Å²) in [6.45, 7) is 0.856. The van der Waals surface area contributed by atoms with Gasteiger partial charge in [0.05, 0.1) is 23.7 Å². The molecule has 0 saturated carbocycles. The first-order valence-corrected chi connectivity index (χ1v) is 7.51. The summed E-state index contributed by atoms with van der Waals surface area (Å²) in [7, 11) is 0. The first kappa shape index (κ1) is 16.5. The number of hydrogen-bond acceptors (Lipinski definition) is 4. The molecule has 1 aliphatic rings. The SMILES string of the molecule is O=C(O)c1coc(C(=O)N2CCOC(c3ccc(F)c(Cl)c3)C2)c1. The number of carbonyl (C=O) groups is 2. The second-order valence-electron chi connectivity index (χ2n) is 5.29. The van der Waals surface area contributed by atoms with Crippen LogP contribution in [0.5, 0.6) is 0 Å². The molecule has 2 heterocycles. The molecule has 2 aromatic rings. The van der Waals surface area contributed by atoms with Gasteiger partial charge in [0.15, 0.2) is 5.76 Å². The minimum atomic E-state index is -1.17. The fourth-order valence-electron chi connectivity index (χ4n) is 2.46. The molecule has 1 aliphatic heterocycles. The number of halogens is 2. The first-order chi connectivity index (χ1) is 11.5. The van der Waals surface area contributed by atoms with Crippen molar-refractivity contribution >= 4 is 23.5 Å². The Bertz CT molecular complexity index is 791. The van der Waals surface area contributed by atoms with Crippen LogP contribution in [0.2, 0.25) is 5.02 Å². The lowest BCUT2D eigenvalue weighted by Gasteiger charge is -2.32. The van der Waals surface area contributed by atoms with Gasteiger partial charge in [-0.15, -0.1) is 0 Å². The highest BCUT2D eigenvalue weighted by atomic mass is 35.5. The van der Waals surface area contributed by atoms with Crippen LogP contribution in [0.3, 0.4) is 0 Å². The highest BCUT2D eigenvalue weighted by Gasteiger charge is 2.28. The van der Waals surface area contributed by atoms with E-state index in [9.17, 15) is 14.0 Å². The van der Waals surface area contributed by atoms with Crippen LogP contribution < -0.4 is 0 Å². The average Bonchev–Trinajstić information content (AvgIpc) is 3.07. The summed E-state index contributed by atoms with van der Waals surface area (Å²) < 4.78 is 23.9. The fraction of sp³-hybridized carbons (Fsp3) is 0.250. The Balaban J connectivity index is 1.75. The number of morpholine rings is 1. The van der Waals surface area contributed by atoms with Gasteiger partial charge < -0.3 is 19.2 Å². The zero-order chi connectivity index (χ0) is 17.3. The lowest BCUT2D eigenvalue weighted by atomic mass is 10.1. The molecule has 0 spiro atoms. The summed E-state index contributed by atoms with van der Waals surface area (Å²) >= 11 is 5.78. The summed E-state index contributed by atoms with van der Waals surface area (Å²) in [5, 5.41) is 8.86. The maximum atomic E-state index is 13.3. The van der Waals surface area contributed by atoms with Crippen molar-refractivity contribution in [3.8, 4) is 0 Å². The molecule has 1 atom stereocenters. The molecule has 1 saturated heterocycles. The number of hydrogen-bond donors (Lipinski definition) is 1. The van der Waals surface area contributed by atoms with Crippen molar-refractivity contribution in [2.24, 2.45) is 0 Å². The number of amides is 1. The van der Waals surface area contributed by atoms with Gasteiger partial charge in [0.2, 0.25) is 0 Å². The van der Waals surface area contributed by atoms with Gasteiger partial charge in [-0.05, 0) is 17.7 Å². The van der Waals surface area contributed by atoms with Gasteiger partial charge in [0, 0.05) is 12.6 Å². The Kier molecular flexibility index (Phi) is 4.55. The molecule has 8 heteroatoms. The van der Waals surface area contributed by atoms with Crippen molar-refractivity contribution in [3.05, 3.63) is 58.3 Å². The zero-order valence-corrected chi connectivity index (χ0v) is 13.1. The monoisotopic (exact) mass is 353 g/mol. The van der Waals surface area contributed by atoms with Gasteiger partial charge in [-0.1, -0.05) is 17.7 Å². The molecule has 0 radical (unpaired) electrons. The Hall–Kier alpha value is -2.38. The van der Waals surface area contributed by atoms with E-state index in [2.05, 4.69) is 0 Å². The van der Waals surface area contributed by atoms with E-state index in [-0.39, 0.29) is 29.5 Å².